The van der Waals surface area contributed by atoms with Crippen molar-refractivity contribution in [1.82, 2.24) is 0 Å². The van der Waals surface area contributed by atoms with Gasteiger partial charge in [0.1, 0.15) is 0 Å². The van der Waals surface area contributed by atoms with Gasteiger partial charge in [0.15, 0.2) is 0 Å². The Balaban J connectivity index is 2.09. The van der Waals surface area contributed by atoms with Crippen molar-refractivity contribution in [3.8, 4) is 0 Å². The first-order chi connectivity index (χ1) is 5.65. The monoisotopic (exact) mass is 168 g/mol. The van der Waals surface area contributed by atoms with Gasteiger partial charge in [-0.15, -0.1) is 0 Å². The summed E-state index contributed by atoms with van der Waals surface area (Å²) in [6, 6.07) is 0. The number of rotatable bonds is 2. The lowest BCUT2D eigenvalue weighted by Crippen LogP contribution is -2.22. The smallest absolute Gasteiger partial charge is 0.0496 e. The Morgan fingerprint density at radius 1 is 1.33 bits per heavy atom. The van der Waals surface area contributed by atoms with Gasteiger partial charge in [0.25, 0.3) is 0 Å². The third-order valence-corrected chi connectivity index (χ3v) is 4.12. The van der Waals surface area contributed by atoms with Gasteiger partial charge in [-0.1, -0.05) is 13.8 Å². The van der Waals surface area contributed by atoms with Crippen LogP contribution in [0.5, 0.6) is 0 Å². The molecule has 12 heavy (non-hydrogen) atoms. The second kappa shape index (κ2) is 2.73. The fraction of sp³-hybridized carbons (Fsp3) is 1.00. The Bertz CT molecular complexity index is 174. The van der Waals surface area contributed by atoms with Crippen LogP contribution < -0.4 is 0 Å². The molecule has 0 spiro atoms. The van der Waals surface area contributed by atoms with Crippen molar-refractivity contribution in [2.45, 2.75) is 33.1 Å². The lowest BCUT2D eigenvalue weighted by molar-refractivity contribution is 0.115. The van der Waals surface area contributed by atoms with Crippen LogP contribution in [0.25, 0.3) is 0 Å². The van der Waals surface area contributed by atoms with E-state index in [1.165, 1.54) is 19.3 Å². The van der Waals surface area contributed by atoms with Crippen LogP contribution in [0.15, 0.2) is 0 Å². The van der Waals surface area contributed by atoms with Crippen molar-refractivity contribution in [2.24, 2.45) is 23.2 Å². The lowest BCUT2D eigenvalue weighted by Gasteiger charge is -2.30. The van der Waals surface area contributed by atoms with Crippen LogP contribution >= 0.6 is 0 Å². The minimum atomic E-state index is 0.603. The quantitative estimate of drug-likeness (QED) is 0.616. The summed E-state index contributed by atoms with van der Waals surface area (Å²) in [6.07, 6.45) is 4.35. The zero-order chi connectivity index (χ0) is 8.77. The van der Waals surface area contributed by atoms with E-state index >= 15 is 0 Å². The van der Waals surface area contributed by atoms with Crippen molar-refractivity contribution in [2.75, 3.05) is 13.7 Å². The van der Waals surface area contributed by atoms with E-state index in [1.807, 2.05) is 7.11 Å². The minimum Gasteiger partial charge on any atom is -0.384 e. The first kappa shape index (κ1) is 8.55. The van der Waals surface area contributed by atoms with E-state index in [1.54, 1.807) is 0 Å². The molecule has 2 aliphatic carbocycles. The van der Waals surface area contributed by atoms with E-state index in [9.17, 15) is 0 Å². The van der Waals surface area contributed by atoms with Crippen LogP contribution in [0.4, 0.5) is 0 Å². The van der Waals surface area contributed by atoms with E-state index in [-0.39, 0.29) is 0 Å². The Hall–Kier alpha value is -0.0400. The number of fused-ring (bicyclic) bond motifs is 2. The third-order valence-electron chi connectivity index (χ3n) is 4.12. The molecule has 3 unspecified atom stereocenters. The van der Waals surface area contributed by atoms with Crippen LogP contribution in [0.3, 0.4) is 0 Å². The van der Waals surface area contributed by atoms with Crippen LogP contribution in [-0.2, 0) is 4.74 Å². The molecule has 0 aromatic heterocycles. The molecule has 0 aliphatic heterocycles. The lowest BCUT2D eigenvalue weighted by atomic mass is 9.76. The van der Waals surface area contributed by atoms with Crippen molar-refractivity contribution >= 4 is 0 Å². The minimum absolute atomic E-state index is 0.603. The van der Waals surface area contributed by atoms with E-state index in [2.05, 4.69) is 13.8 Å². The van der Waals surface area contributed by atoms with Crippen molar-refractivity contribution in [1.29, 1.82) is 0 Å². The SMILES string of the molecule is COCC1C2CCC1C(C)(C)C2. The molecule has 0 amide bonds. The maximum Gasteiger partial charge on any atom is 0.0496 e. The van der Waals surface area contributed by atoms with Gasteiger partial charge in [0, 0.05) is 13.7 Å². The second-order valence-corrected chi connectivity index (χ2v) is 5.26. The Labute approximate surface area is 75.5 Å². The Kier molecular flexibility index (Phi) is 1.95. The highest BCUT2D eigenvalue weighted by molar-refractivity contribution is 5.01. The van der Waals surface area contributed by atoms with Gasteiger partial charge < -0.3 is 4.74 Å². The van der Waals surface area contributed by atoms with E-state index in [0.717, 1.165) is 24.4 Å². The summed E-state index contributed by atoms with van der Waals surface area (Å²) in [5.41, 5.74) is 0.603. The highest BCUT2D eigenvalue weighted by Crippen LogP contribution is 2.58. The van der Waals surface area contributed by atoms with E-state index in [4.69, 9.17) is 4.74 Å². The predicted octanol–water partition coefficient (Wildman–Crippen LogP) is 2.71. The fourth-order valence-corrected chi connectivity index (χ4v) is 3.65. The molecule has 2 fully saturated rings. The van der Waals surface area contributed by atoms with Gasteiger partial charge >= 0.3 is 0 Å². The number of hydrogen-bond donors (Lipinski definition) is 0. The maximum absolute atomic E-state index is 5.30. The van der Waals surface area contributed by atoms with Crippen LogP contribution in [-0.4, -0.2) is 13.7 Å². The number of methoxy groups -OCH3 is 1. The summed E-state index contributed by atoms with van der Waals surface area (Å²) in [6.45, 7) is 5.86. The molecule has 3 atom stereocenters. The van der Waals surface area contributed by atoms with Gasteiger partial charge in [-0.2, -0.15) is 0 Å². The first-order valence-corrected chi connectivity index (χ1v) is 5.14. The fourth-order valence-electron chi connectivity index (χ4n) is 3.65. The van der Waals surface area contributed by atoms with E-state index < -0.39 is 0 Å². The molecule has 2 bridgehead atoms. The molecule has 0 radical (unpaired) electrons. The average Bonchev–Trinajstić information content (AvgIpc) is 2.43. The molecule has 0 N–H and O–H groups in total. The van der Waals surface area contributed by atoms with Gasteiger partial charge in [-0.05, 0) is 42.4 Å². The van der Waals surface area contributed by atoms with Gasteiger partial charge in [-0.3, -0.25) is 0 Å². The molecule has 2 aliphatic rings. The van der Waals surface area contributed by atoms with Crippen LogP contribution in [0.2, 0.25) is 0 Å². The second-order valence-electron chi connectivity index (χ2n) is 5.26. The summed E-state index contributed by atoms with van der Waals surface area (Å²) >= 11 is 0. The average molecular weight is 168 g/mol. The topological polar surface area (TPSA) is 9.23 Å². The Morgan fingerprint density at radius 3 is 2.50 bits per heavy atom. The van der Waals surface area contributed by atoms with E-state index in [0.29, 0.717) is 5.41 Å². The molecule has 0 aromatic rings. The third kappa shape index (κ3) is 1.10. The molecule has 0 aromatic carbocycles. The Morgan fingerprint density at radius 2 is 2.08 bits per heavy atom. The molecular formula is C11H20O. The molecule has 0 saturated heterocycles. The summed E-state index contributed by atoms with van der Waals surface area (Å²) in [4.78, 5) is 0. The highest BCUT2D eigenvalue weighted by atomic mass is 16.5. The van der Waals surface area contributed by atoms with Crippen LogP contribution in [0, 0.1) is 23.2 Å². The molecule has 1 heteroatoms. The van der Waals surface area contributed by atoms with Crippen LogP contribution in [0.1, 0.15) is 33.1 Å². The van der Waals surface area contributed by atoms with Gasteiger partial charge in [0.05, 0.1) is 0 Å². The summed E-state index contributed by atoms with van der Waals surface area (Å²) in [5.74, 6) is 2.80. The molecule has 0 heterocycles. The molecule has 1 nitrogen and oxygen atoms in total. The normalized spacial score (nSPS) is 43.8. The predicted molar refractivity (Wildman–Crippen MR) is 50.0 cm³/mol. The highest BCUT2D eigenvalue weighted by Gasteiger charge is 2.51. The van der Waals surface area contributed by atoms with Crippen molar-refractivity contribution in [3.05, 3.63) is 0 Å². The molecular weight excluding hydrogens is 148 g/mol. The van der Waals surface area contributed by atoms with Gasteiger partial charge in [-0.25, -0.2) is 0 Å². The number of hydrogen-bond acceptors (Lipinski definition) is 1. The summed E-state index contributed by atoms with van der Waals surface area (Å²) in [5, 5.41) is 0. The standard InChI is InChI=1S/C11H20O/c1-11(2)6-8-4-5-10(11)9(8)7-12-3/h8-10H,4-7H2,1-3H3. The van der Waals surface area contributed by atoms with Crippen molar-refractivity contribution < 1.29 is 4.74 Å². The molecule has 2 rings (SSSR count). The molecule has 70 valence electrons. The van der Waals surface area contributed by atoms with Crippen molar-refractivity contribution in [3.63, 3.8) is 0 Å². The summed E-state index contributed by atoms with van der Waals surface area (Å²) in [7, 11) is 1.84. The largest absolute Gasteiger partial charge is 0.384 e. The first-order valence-electron chi connectivity index (χ1n) is 5.14. The molecule has 2 saturated carbocycles. The maximum atomic E-state index is 5.30. The van der Waals surface area contributed by atoms with Gasteiger partial charge in [0.2, 0.25) is 0 Å². The summed E-state index contributed by atoms with van der Waals surface area (Å²) < 4.78 is 5.30. The zero-order valence-electron chi connectivity index (χ0n) is 8.47. The number of ether oxygens (including phenoxy) is 1. The zero-order valence-corrected chi connectivity index (χ0v) is 8.47.